The molecule has 1 aromatic carbocycles. The van der Waals surface area contributed by atoms with Crippen LogP contribution in [0.25, 0.3) is 0 Å². The third-order valence-electron chi connectivity index (χ3n) is 2.45. The first-order valence-electron chi connectivity index (χ1n) is 4.76. The molecule has 0 spiro atoms. The van der Waals surface area contributed by atoms with Crippen molar-refractivity contribution in [2.75, 3.05) is 7.11 Å². The monoisotopic (exact) mass is 243 g/mol. The molecule has 0 radical (unpaired) electrons. The molecule has 0 aromatic heterocycles. The molecule has 0 saturated heterocycles. The smallest absolute Gasteiger partial charge is 0.315 e. The number of carbonyl (C=O) groups excluding carboxylic acids is 1. The fourth-order valence-corrected chi connectivity index (χ4v) is 1.57. The van der Waals surface area contributed by atoms with Gasteiger partial charge in [0.05, 0.1) is 12.5 Å². The third-order valence-corrected chi connectivity index (χ3v) is 2.45. The van der Waals surface area contributed by atoms with E-state index in [1.807, 2.05) is 0 Å². The summed E-state index contributed by atoms with van der Waals surface area (Å²) in [5.74, 6) is -2.79. The maximum absolute atomic E-state index is 13.6. The van der Waals surface area contributed by atoms with Gasteiger partial charge in [-0.05, 0) is 19.0 Å². The predicted octanol–water partition coefficient (Wildman–Crippen LogP) is 2.81. The summed E-state index contributed by atoms with van der Waals surface area (Å²) in [6.45, 7) is 2.66. The molecule has 0 heterocycles. The van der Waals surface area contributed by atoms with E-state index in [0.29, 0.717) is 0 Å². The van der Waals surface area contributed by atoms with Crippen LogP contribution in [0, 0.1) is 16.5 Å². The van der Waals surface area contributed by atoms with Gasteiger partial charge in [0.25, 0.3) is 0 Å². The zero-order valence-electron chi connectivity index (χ0n) is 9.58. The molecule has 0 aliphatic rings. The number of esters is 1. The van der Waals surface area contributed by atoms with Crippen LogP contribution in [-0.4, -0.2) is 13.1 Å². The van der Waals surface area contributed by atoms with Crippen LogP contribution in [0.15, 0.2) is 17.3 Å². The van der Waals surface area contributed by atoms with Crippen LogP contribution in [0.2, 0.25) is 0 Å². The fourth-order valence-electron chi connectivity index (χ4n) is 1.57. The number of hydrogen-bond donors (Lipinski definition) is 0. The minimum Gasteiger partial charge on any atom is -0.468 e. The van der Waals surface area contributed by atoms with Gasteiger partial charge in [0.2, 0.25) is 0 Å². The van der Waals surface area contributed by atoms with E-state index in [-0.39, 0.29) is 5.69 Å². The normalized spacial score (nSPS) is 11.1. The average Bonchev–Trinajstić information content (AvgIpc) is 2.26. The van der Waals surface area contributed by atoms with E-state index in [2.05, 4.69) is 9.91 Å². The Morgan fingerprint density at radius 2 is 1.76 bits per heavy atom. The number of nitrogens with zero attached hydrogens (tertiary/aromatic N) is 1. The van der Waals surface area contributed by atoms with E-state index < -0.39 is 28.6 Å². The molecule has 0 bridgehead atoms. The minimum atomic E-state index is -1.48. The first kappa shape index (κ1) is 13.2. The first-order valence-corrected chi connectivity index (χ1v) is 4.76. The largest absolute Gasteiger partial charge is 0.468 e. The topological polar surface area (TPSA) is 55.7 Å². The van der Waals surface area contributed by atoms with Crippen molar-refractivity contribution in [2.45, 2.75) is 19.3 Å². The number of methoxy groups -OCH3 is 1. The van der Waals surface area contributed by atoms with Crippen molar-refractivity contribution in [1.29, 1.82) is 0 Å². The predicted molar refractivity (Wildman–Crippen MR) is 56.9 cm³/mol. The molecule has 0 saturated carbocycles. The Kier molecular flexibility index (Phi) is 3.55. The molecule has 1 aromatic rings. The molecule has 0 unspecified atom stereocenters. The Bertz CT molecular complexity index is 449. The molecule has 0 fully saturated rings. The van der Waals surface area contributed by atoms with Gasteiger partial charge in [-0.1, -0.05) is 0 Å². The van der Waals surface area contributed by atoms with Crippen LogP contribution in [0.5, 0.6) is 0 Å². The van der Waals surface area contributed by atoms with Crippen LogP contribution >= 0.6 is 0 Å². The number of rotatable bonds is 3. The first-order chi connectivity index (χ1) is 7.84. The summed E-state index contributed by atoms with van der Waals surface area (Å²) in [5.41, 5.74) is -2.30. The second-order valence-corrected chi connectivity index (χ2v) is 3.99. The second-order valence-electron chi connectivity index (χ2n) is 3.99. The lowest BCUT2D eigenvalue weighted by Gasteiger charge is -2.23. The number of halogens is 2. The zero-order chi connectivity index (χ0) is 13.2. The Labute approximate surface area is 96.6 Å². The maximum atomic E-state index is 13.6. The lowest BCUT2D eigenvalue weighted by molar-refractivity contribution is -0.146. The standard InChI is InChI=1S/C11H11F2NO3/c1-11(2,10(15)17-3)9-7(12)4-6(14-16)5-8(9)13/h4-5H,1-3H3. The number of carbonyl (C=O) groups is 1. The van der Waals surface area contributed by atoms with Crippen LogP contribution < -0.4 is 0 Å². The number of ether oxygens (including phenoxy) is 1. The molecule has 0 atom stereocenters. The fraction of sp³-hybridized carbons (Fsp3) is 0.364. The zero-order valence-corrected chi connectivity index (χ0v) is 9.58. The number of nitroso groups, excluding NO2 is 1. The molecule has 1 rings (SSSR count). The summed E-state index contributed by atoms with van der Waals surface area (Å²) >= 11 is 0. The molecule has 6 heteroatoms. The molecule has 0 aliphatic carbocycles. The van der Waals surface area contributed by atoms with Gasteiger partial charge in [-0.15, -0.1) is 4.91 Å². The van der Waals surface area contributed by atoms with Gasteiger partial charge in [-0.2, -0.15) is 0 Å². The van der Waals surface area contributed by atoms with Gasteiger partial charge in [0.1, 0.15) is 17.3 Å². The van der Waals surface area contributed by atoms with Crippen molar-refractivity contribution in [1.82, 2.24) is 0 Å². The highest BCUT2D eigenvalue weighted by Crippen LogP contribution is 2.32. The van der Waals surface area contributed by atoms with E-state index in [1.54, 1.807) is 0 Å². The lowest BCUT2D eigenvalue weighted by atomic mass is 9.84. The van der Waals surface area contributed by atoms with Gasteiger partial charge in [-0.25, -0.2) is 8.78 Å². The molecule has 0 aliphatic heterocycles. The minimum absolute atomic E-state index is 0.371. The highest BCUT2D eigenvalue weighted by Gasteiger charge is 2.36. The second kappa shape index (κ2) is 4.57. The molecular weight excluding hydrogens is 232 g/mol. The van der Waals surface area contributed by atoms with Crippen molar-refractivity contribution in [3.8, 4) is 0 Å². The van der Waals surface area contributed by atoms with Gasteiger partial charge in [-0.3, -0.25) is 4.79 Å². The molecular formula is C11H11F2NO3. The third kappa shape index (κ3) is 2.30. The SMILES string of the molecule is COC(=O)C(C)(C)c1c(F)cc(N=O)cc1F. The van der Waals surface area contributed by atoms with Gasteiger partial charge < -0.3 is 4.74 Å². The highest BCUT2D eigenvalue weighted by atomic mass is 19.1. The quantitative estimate of drug-likeness (QED) is 0.605. The molecule has 17 heavy (non-hydrogen) atoms. The average molecular weight is 243 g/mol. The number of hydrogen-bond acceptors (Lipinski definition) is 4. The van der Waals surface area contributed by atoms with E-state index >= 15 is 0 Å². The summed E-state index contributed by atoms with van der Waals surface area (Å²) in [7, 11) is 1.13. The Balaban J connectivity index is 3.41. The van der Waals surface area contributed by atoms with Crippen molar-refractivity contribution >= 4 is 11.7 Å². The molecule has 92 valence electrons. The molecule has 0 amide bonds. The summed E-state index contributed by atoms with van der Waals surface area (Å²) in [6, 6.07) is 1.55. The van der Waals surface area contributed by atoms with Crippen LogP contribution in [-0.2, 0) is 14.9 Å². The molecule has 0 N–H and O–H groups in total. The van der Waals surface area contributed by atoms with Gasteiger partial charge in [0, 0.05) is 17.7 Å². The number of benzene rings is 1. The molecule has 4 nitrogen and oxygen atoms in total. The van der Waals surface area contributed by atoms with Crippen LogP contribution in [0.3, 0.4) is 0 Å². The maximum Gasteiger partial charge on any atom is 0.315 e. The van der Waals surface area contributed by atoms with E-state index in [9.17, 15) is 18.5 Å². The Morgan fingerprint density at radius 3 is 2.12 bits per heavy atom. The summed E-state index contributed by atoms with van der Waals surface area (Å²) in [4.78, 5) is 21.6. The van der Waals surface area contributed by atoms with Gasteiger partial charge in [0.15, 0.2) is 0 Å². The summed E-state index contributed by atoms with van der Waals surface area (Å²) in [6.07, 6.45) is 0. The van der Waals surface area contributed by atoms with E-state index in [1.165, 1.54) is 13.8 Å². The van der Waals surface area contributed by atoms with Crippen LogP contribution in [0.1, 0.15) is 19.4 Å². The van der Waals surface area contributed by atoms with Crippen molar-refractivity contribution in [3.05, 3.63) is 34.2 Å². The summed E-state index contributed by atoms with van der Waals surface area (Å²) in [5, 5.41) is 2.43. The van der Waals surface area contributed by atoms with E-state index in [0.717, 1.165) is 19.2 Å². The lowest BCUT2D eigenvalue weighted by Crippen LogP contribution is -2.32. The van der Waals surface area contributed by atoms with Crippen molar-refractivity contribution in [3.63, 3.8) is 0 Å². The highest BCUT2D eigenvalue weighted by molar-refractivity contribution is 5.82. The summed E-state index contributed by atoms with van der Waals surface area (Å²) < 4.78 is 31.8. The Morgan fingerprint density at radius 1 is 1.29 bits per heavy atom. The van der Waals surface area contributed by atoms with Crippen molar-refractivity contribution in [2.24, 2.45) is 5.18 Å². The van der Waals surface area contributed by atoms with E-state index in [4.69, 9.17) is 0 Å². The Hall–Kier alpha value is -1.85. The van der Waals surface area contributed by atoms with Crippen LogP contribution in [0.4, 0.5) is 14.5 Å². The van der Waals surface area contributed by atoms with Gasteiger partial charge >= 0.3 is 5.97 Å². The van der Waals surface area contributed by atoms with Crippen molar-refractivity contribution < 1.29 is 18.3 Å².